The number of nitrogens with two attached hydrogens (primary N) is 1. The number of hydrogen-bond acceptors (Lipinski definition) is 6. The lowest BCUT2D eigenvalue weighted by atomic mass is 9.92. The maximum Gasteiger partial charge on any atom is 0.332 e. The zero-order valence-corrected chi connectivity index (χ0v) is 9.88. The molecule has 1 aromatic rings. The molecule has 0 spiro atoms. The number of aryl methyl sites for hydroxylation is 1. The van der Waals surface area contributed by atoms with Gasteiger partial charge in [-0.15, -0.1) is 0 Å². The van der Waals surface area contributed by atoms with Gasteiger partial charge >= 0.3 is 5.69 Å². The monoisotopic (exact) mass is 237 g/mol. The maximum atomic E-state index is 11.0. The van der Waals surface area contributed by atoms with Crippen molar-refractivity contribution < 1.29 is 4.92 Å². The molecule has 2 N–H and O–H groups in total. The van der Waals surface area contributed by atoms with E-state index in [0.29, 0.717) is 17.6 Å². The summed E-state index contributed by atoms with van der Waals surface area (Å²) in [5.41, 5.74) is 5.82. The van der Waals surface area contributed by atoms with Gasteiger partial charge in [0.05, 0.1) is 4.92 Å². The lowest BCUT2D eigenvalue weighted by Gasteiger charge is -2.35. The highest BCUT2D eigenvalue weighted by Crippen LogP contribution is 2.34. The van der Waals surface area contributed by atoms with E-state index in [9.17, 15) is 10.1 Å². The van der Waals surface area contributed by atoms with Crippen LogP contribution in [0.4, 0.5) is 17.5 Å². The van der Waals surface area contributed by atoms with Crippen LogP contribution in [0.1, 0.15) is 25.0 Å². The Balaban J connectivity index is 2.46. The number of nitrogen functional groups attached to an aromatic ring is 1. The third-order valence-corrected chi connectivity index (χ3v) is 3.20. The van der Waals surface area contributed by atoms with Crippen molar-refractivity contribution in [1.82, 2.24) is 9.97 Å². The van der Waals surface area contributed by atoms with Crippen molar-refractivity contribution >= 4 is 17.5 Å². The summed E-state index contributed by atoms with van der Waals surface area (Å²) < 4.78 is 0. The summed E-state index contributed by atoms with van der Waals surface area (Å²) in [6.07, 6.45) is 3.23. The Bertz CT molecular complexity index is 458. The molecule has 2 rings (SSSR count). The first kappa shape index (κ1) is 11.6. The fourth-order valence-corrected chi connectivity index (χ4v) is 1.98. The van der Waals surface area contributed by atoms with E-state index in [1.165, 1.54) is 0 Å². The highest BCUT2D eigenvalue weighted by Gasteiger charge is 2.30. The first-order chi connectivity index (χ1) is 8.00. The molecule has 0 saturated heterocycles. The molecule has 92 valence electrons. The van der Waals surface area contributed by atoms with Crippen molar-refractivity contribution in [3.05, 3.63) is 15.8 Å². The van der Waals surface area contributed by atoms with Gasteiger partial charge in [-0.05, 0) is 26.2 Å². The minimum absolute atomic E-state index is 0.0476. The Kier molecular flexibility index (Phi) is 2.83. The number of nitrogens with zero attached hydrogens (tertiary/aromatic N) is 4. The molecule has 0 bridgehead atoms. The second-order valence-electron chi connectivity index (χ2n) is 4.29. The van der Waals surface area contributed by atoms with E-state index >= 15 is 0 Å². The minimum Gasteiger partial charge on any atom is -0.368 e. The number of rotatable bonds is 3. The molecule has 0 aromatic carbocycles. The standard InChI is InChI=1S/C10H15N5O2/c1-6-8(15(16)17)9(13-10(11)12-6)14(2)7-4-3-5-7/h7H,3-5H2,1-2H3,(H2,11,12,13). The Hall–Kier alpha value is -1.92. The average molecular weight is 237 g/mol. The molecule has 1 heterocycles. The number of nitro groups is 1. The quantitative estimate of drug-likeness (QED) is 0.627. The van der Waals surface area contributed by atoms with Gasteiger partial charge in [-0.2, -0.15) is 4.98 Å². The first-order valence-corrected chi connectivity index (χ1v) is 5.52. The number of hydrogen-bond donors (Lipinski definition) is 1. The minimum atomic E-state index is -0.445. The highest BCUT2D eigenvalue weighted by molar-refractivity contribution is 5.62. The van der Waals surface area contributed by atoms with Crippen LogP contribution in [-0.2, 0) is 0 Å². The summed E-state index contributed by atoms with van der Waals surface area (Å²) in [4.78, 5) is 20.3. The van der Waals surface area contributed by atoms with Gasteiger partial charge in [0.15, 0.2) is 0 Å². The summed E-state index contributed by atoms with van der Waals surface area (Å²) in [5, 5.41) is 11.0. The van der Waals surface area contributed by atoms with Crippen molar-refractivity contribution in [3.63, 3.8) is 0 Å². The van der Waals surface area contributed by atoms with Crippen LogP contribution in [0, 0.1) is 17.0 Å². The molecule has 0 unspecified atom stereocenters. The second-order valence-corrected chi connectivity index (χ2v) is 4.29. The van der Waals surface area contributed by atoms with Crippen molar-refractivity contribution in [2.24, 2.45) is 0 Å². The van der Waals surface area contributed by atoms with Gasteiger partial charge in [0.1, 0.15) is 5.69 Å². The molecule has 1 aliphatic carbocycles. The van der Waals surface area contributed by atoms with Gasteiger partial charge in [0.25, 0.3) is 0 Å². The smallest absolute Gasteiger partial charge is 0.332 e. The van der Waals surface area contributed by atoms with Gasteiger partial charge in [-0.1, -0.05) is 0 Å². The first-order valence-electron chi connectivity index (χ1n) is 5.52. The second kappa shape index (κ2) is 4.15. The molecule has 0 atom stereocenters. The van der Waals surface area contributed by atoms with E-state index in [4.69, 9.17) is 5.73 Å². The van der Waals surface area contributed by atoms with Crippen LogP contribution < -0.4 is 10.6 Å². The zero-order valence-electron chi connectivity index (χ0n) is 9.88. The number of aromatic nitrogens is 2. The van der Waals surface area contributed by atoms with E-state index < -0.39 is 4.92 Å². The molecule has 17 heavy (non-hydrogen) atoms. The van der Waals surface area contributed by atoms with E-state index in [-0.39, 0.29) is 11.6 Å². The van der Waals surface area contributed by atoms with E-state index in [2.05, 4.69) is 9.97 Å². The molecule has 1 aliphatic rings. The summed E-state index contributed by atoms with van der Waals surface area (Å²) in [7, 11) is 1.82. The van der Waals surface area contributed by atoms with Crippen LogP contribution in [0.5, 0.6) is 0 Å². The zero-order chi connectivity index (χ0) is 12.6. The highest BCUT2D eigenvalue weighted by atomic mass is 16.6. The van der Waals surface area contributed by atoms with Crippen molar-refractivity contribution in [2.75, 3.05) is 17.7 Å². The van der Waals surface area contributed by atoms with Gasteiger partial charge in [0, 0.05) is 13.1 Å². The van der Waals surface area contributed by atoms with E-state index in [1.54, 1.807) is 6.92 Å². The summed E-state index contributed by atoms with van der Waals surface area (Å²) >= 11 is 0. The molecule has 0 amide bonds. The van der Waals surface area contributed by atoms with E-state index in [1.807, 2.05) is 11.9 Å². The predicted molar refractivity (Wildman–Crippen MR) is 63.9 cm³/mol. The fraction of sp³-hybridized carbons (Fsp3) is 0.600. The SMILES string of the molecule is Cc1nc(N)nc(N(C)C2CCC2)c1[N+](=O)[O-]. The lowest BCUT2D eigenvalue weighted by Crippen LogP contribution is -2.38. The predicted octanol–water partition coefficient (Wildman–Crippen LogP) is 1.26. The van der Waals surface area contributed by atoms with Crippen LogP contribution in [-0.4, -0.2) is 28.0 Å². The van der Waals surface area contributed by atoms with Gasteiger partial charge in [-0.25, -0.2) is 4.98 Å². The normalized spacial score (nSPS) is 15.4. The lowest BCUT2D eigenvalue weighted by molar-refractivity contribution is -0.385. The van der Waals surface area contributed by atoms with Crippen LogP contribution in [0.3, 0.4) is 0 Å². The third kappa shape index (κ3) is 2.00. The molecule has 0 aliphatic heterocycles. The fourth-order valence-electron chi connectivity index (χ4n) is 1.98. The topological polar surface area (TPSA) is 98.2 Å². The molecular weight excluding hydrogens is 222 g/mol. The average Bonchev–Trinajstić information content (AvgIpc) is 2.12. The van der Waals surface area contributed by atoms with Crippen LogP contribution in [0.2, 0.25) is 0 Å². The molecule has 1 fully saturated rings. The molecule has 1 aromatic heterocycles. The third-order valence-electron chi connectivity index (χ3n) is 3.20. The van der Waals surface area contributed by atoms with Gasteiger partial charge in [0.2, 0.25) is 11.8 Å². The van der Waals surface area contributed by atoms with Gasteiger partial charge < -0.3 is 10.6 Å². The van der Waals surface area contributed by atoms with Crippen LogP contribution >= 0.6 is 0 Å². The van der Waals surface area contributed by atoms with Crippen LogP contribution in [0.25, 0.3) is 0 Å². The van der Waals surface area contributed by atoms with E-state index in [0.717, 1.165) is 19.3 Å². The largest absolute Gasteiger partial charge is 0.368 e. The Morgan fingerprint density at radius 1 is 1.47 bits per heavy atom. The Morgan fingerprint density at radius 3 is 2.59 bits per heavy atom. The maximum absolute atomic E-state index is 11.0. The van der Waals surface area contributed by atoms with Crippen molar-refractivity contribution in [1.29, 1.82) is 0 Å². The Morgan fingerprint density at radius 2 is 2.12 bits per heavy atom. The van der Waals surface area contributed by atoms with Crippen molar-refractivity contribution in [3.8, 4) is 0 Å². The molecule has 1 saturated carbocycles. The summed E-state index contributed by atoms with van der Waals surface area (Å²) in [6.45, 7) is 1.58. The Labute approximate surface area is 98.8 Å². The molecule has 0 radical (unpaired) electrons. The van der Waals surface area contributed by atoms with Crippen molar-refractivity contribution in [2.45, 2.75) is 32.2 Å². The molecule has 7 heteroatoms. The summed E-state index contributed by atoms with van der Waals surface area (Å²) in [6, 6.07) is 0.322. The molecular formula is C10H15N5O2. The number of anilines is 2. The van der Waals surface area contributed by atoms with Gasteiger partial charge in [-0.3, -0.25) is 10.1 Å². The summed E-state index contributed by atoms with van der Waals surface area (Å²) in [5.74, 6) is 0.402. The van der Waals surface area contributed by atoms with Crippen LogP contribution in [0.15, 0.2) is 0 Å². The molecule has 7 nitrogen and oxygen atoms in total.